The molecule has 31 heavy (non-hydrogen) atoms. The molecule has 1 heterocycles. The minimum atomic E-state index is -4.45. The van der Waals surface area contributed by atoms with Gasteiger partial charge in [0.15, 0.2) is 5.78 Å². The van der Waals surface area contributed by atoms with Crippen LogP contribution in [0.4, 0.5) is 13.2 Å². The lowest BCUT2D eigenvalue weighted by atomic mass is 9.86. The number of benzene rings is 1. The lowest BCUT2D eigenvalue weighted by Gasteiger charge is -2.24. The lowest BCUT2D eigenvalue weighted by molar-refractivity contribution is -0.141. The number of carbonyl (C=O) groups excluding carboxylic acids is 1. The number of ketones is 1. The zero-order valence-electron chi connectivity index (χ0n) is 19.2. The van der Waals surface area contributed by atoms with E-state index in [0.717, 1.165) is 24.8 Å². The Hall–Kier alpha value is -2.21. The van der Waals surface area contributed by atoms with Gasteiger partial charge in [0.25, 0.3) is 0 Å². The maximum atomic E-state index is 12.0. The van der Waals surface area contributed by atoms with Gasteiger partial charge in [-0.2, -0.15) is 13.2 Å². The number of aromatic nitrogens is 1. The van der Waals surface area contributed by atoms with Crippen molar-refractivity contribution < 1.29 is 18.0 Å². The first kappa shape index (κ1) is 26.8. The third kappa shape index (κ3) is 9.21. The van der Waals surface area contributed by atoms with Crippen LogP contribution < -0.4 is 5.73 Å². The van der Waals surface area contributed by atoms with Crippen LogP contribution in [0.1, 0.15) is 79.2 Å². The molecule has 0 fully saturated rings. The monoisotopic (exact) mass is 436 g/mol. The average molecular weight is 437 g/mol. The van der Waals surface area contributed by atoms with E-state index in [1.54, 1.807) is 0 Å². The maximum absolute atomic E-state index is 12.0. The molecule has 0 saturated carbocycles. The molecule has 6 heteroatoms. The number of nitrogens with two attached hydrogens (primary N) is 1. The van der Waals surface area contributed by atoms with Crippen LogP contribution in [0.15, 0.2) is 36.5 Å². The number of hydrogen-bond donors (Lipinski definition) is 1. The first-order chi connectivity index (χ1) is 14.5. The average Bonchev–Trinajstić information content (AvgIpc) is 2.70. The molecule has 2 N–H and O–H groups in total. The van der Waals surface area contributed by atoms with Gasteiger partial charge in [0.2, 0.25) is 0 Å². The third-order valence-electron chi connectivity index (χ3n) is 5.35. The number of pyridine rings is 1. The van der Waals surface area contributed by atoms with Crippen molar-refractivity contribution in [1.29, 1.82) is 0 Å². The molecular weight excluding hydrogens is 401 g/mol. The van der Waals surface area contributed by atoms with E-state index >= 15 is 0 Å². The normalized spacial score (nSPS) is 12.3. The second-order valence-electron chi connectivity index (χ2n) is 8.12. The zero-order valence-corrected chi connectivity index (χ0v) is 19.2. The second-order valence-corrected chi connectivity index (χ2v) is 8.12. The van der Waals surface area contributed by atoms with E-state index in [4.69, 9.17) is 5.73 Å². The van der Waals surface area contributed by atoms with Crippen molar-refractivity contribution in [1.82, 2.24) is 4.98 Å². The van der Waals surface area contributed by atoms with Gasteiger partial charge in [0.05, 0.1) is 0 Å². The molecule has 172 valence electrons. The Morgan fingerprint density at radius 3 is 2.13 bits per heavy atom. The molecule has 2 rings (SSSR count). The fourth-order valence-electron chi connectivity index (χ4n) is 3.52. The summed E-state index contributed by atoms with van der Waals surface area (Å²) in [6.07, 6.45) is 2.51. The quantitative estimate of drug-likeness (QED) is 0.469. The van der Waals surface area contributed by atoms with E-state index in [9.17, 15) is 18.0 Å². The van der Waals surface area contributed by atoms with E-state index in [1.807, 2.05) is 0 Å². The highest BCUT2D eigenvalue weighted by Crippen LogP contribution is 2.27. The van der Waals surface area contributed by atoms with Gasteiger partial charge in [-0.05, 0) is 69.2 Å². The molecule has 0 spiro atoms. The van der Waals surface area contributed by atoms with Crippen LogP contribution in [0.25, 0.3) is 0 Å². The third-order valence-corrected chi connectivity index (χ3v) is 5.35. The van der Waals surface area contributed by atoms with Crippen LogP contribution in [0.5, 0.6) is 0 Å². The summed E-state index contributed by atoms with van der Waals surface area (Å²) in [6, 6.07) is 8.90. The van der Waals surface area contributed by atoms with Crippen molar-refractivity contribution in [2.24, 2.45) is 11.7 Å². The predicted octanol–water partition coefficient (Wildman–Crippen LogP) is 6.69. The molecule has 1 aromatic heterocycles. The van der Waals surface area contributed by atoms with E-state index in [2.05, 4.69) is 50.9 Å². The number of rotatable bonds is 8. The van der Waals surface area contributed by atoms with Crippen LogP contribution in [0, 0.1) is 19.8 Å². The fourth-order valence-corrected chi connectivity index (χ4v) is 3.52. The molecule has 2 aromatic rings. The number of halogens is 3. The molecule has 0 aliphatic heterocycles. The fraction of sp³-hybridized carbons (Fsp3) is 0.520. The standard InChI is InChI=1S/C17H29N.C8H6F3NO/c1-5-7-15(8-6-2)17(18)12-16-11-13(3)9-10-14(16)4;1-5(13)6-2-3-7(12-4-6)8(9,10)11/h9-11,15,17H,5-8,12,18H2,1-4H3;2-4H,1H3. The van der Waals surface area contributed by atoms with Gasteiger partial charge in [0, 0.05) is 17.8 Å². The van der Waals surface area contributed by atoms with Gasteiger partial charge in [-0.15, -0.1) is 0 Å². The molecule has 0 amide bonds. The Kier molecular flexibility index (Phi) is 10.9. The van der Waals surface area contributed by atoms with Crippen molar-refractivity contribution >= 4 is 5.78 Å². The highest BCUT2D eigenvalue weighted by molar-refractivity contribution is 5.93. The van der Waals surface area contributed by atoms with E-state index < -0.39 is 11.9 Å². The minimum Gasteiger partial charge on any atom is -0.327 e. The summed E-state index contributed by atoms with van der Waals surface area (Å²) in [5.74, 6) is 0.376. The predicted molar refractivity (Wildman–Crippen MR) is 120 cm³/mol. The van der Waals surface area contributed by atoms with Crippen molar-refractivity contribution in [2.75, 3.05) is 0 Å². The smallest absolute Gasteiger partial charge is 0.327 e. The molecule has 1 unspecified atom stereocenters. The Balaban J connectivity index is 0.000000327. The second kappa shape index (κ2) is 12.6. The van der Waals surface area contributed by atoms with Crippen LogP contribution in [0.3, 0.4) is 0 Å². The molecule has 0 radical (unpaired) electrons. The summed E-state index contributed by atoms with van der Waals surface area (Å²) in [6.45, 7) is 10.1. The molecule has 0 aliphatic rings. The summed E-state index contributed by atoms with van der Waals surface area (Å²) in [4.78, 5) is 13.8. The molecule has 0 saturated heterocycles. The maximum Gasteiger partial charge on any atom is 0.433 e. The Labute approximate surface area is 184 Å². The van der Waals surface area contributed by atoms with Gasteiger partial charge in [-0.3, -0.25) is 9.78 Å². The molecule has 1 atom stereocenters. The van der Waals surface area contributed by atoms with Gasteiger partial charge in [-0.25, -0.2) is 0 Å². The van der Waals surface area contributed by atoms with Crippen molar-refractivity contribution in [3.8, 4) is 0 Å². The SMILES string of the molecule is CC(=O)c1ccc(C(F)(F)F)nc1.CCCC(CCC)C(N)Cc1cc(C)ccc1C. The minimum absolute atomic E-state index is 0.174. The number of nitrogens with zero attached hydrogens (tertiary/aromatic N) is 1. The molecule has 0 bridgehead atoms. The van der Waals surface area contributed by atoms with Crippen LogP contribution in [-0.2, 0) is 12.6 Å². The first-order valence-electron chi connectivity index (χ1n) is 10.8. The first-order valence-corrected chi connectivity index (χ1v) is 10.8. The lowest BCUT2D eigenvalue weighted by Crippen LogP contribution is -2.32. The summed E-state index contributed by atoms with van der Waals surface area (Å²) >= 11 is 0. The van der Waals surface area contributed by atoms with Gasteiger partial charge >= 0.3 is 6.18 Å². The van der Waals surface area contributed by atoms with E-state index in [-0.39, 0.29) is 11.3 Å². The summed E-state index contributed by atoms with van der Waals surface area (Å²) in [7, 11) is 0. The summed E-state index contributed by atoms with van der Waals surface area (Å²) in [5.41, 5.74) is 9.77. The van der Waals surface area contributed by atoms with Gasteiger partial charge in [-0.1, -0.05) is 50.5 Å². The summed E-state index contributed by atoms with van der Waals surface area (Å²) < 4.78 is 35.9. The number of alkyl halides is 3. The molecule has 3 nitrogen and oxygen atoms in total. The Morgan fingerprint density at radius 2 is 1.68 bits per heavy atom. The van der Waals surface area contributed by atoms with Crippen LogP contribution in [-0.4, -0.2) is 16.8 Å². The highest BCUT2D eigenvalue weighted by Gasteiger charge is 2.32. The van der Waals surface area contributed by atoms with Gasteiger partial charge < -0.3 is 5.73 Å². The van der Waals surface area contributed by atoms with Crippen molar-refractivity contribution in [3.63, 3.8) is 0 Å². The topological polar surface area (TPSA) is 56.0 Å². The molecule has 1 aromatic carbocycles. The van der Waals surface area contributed by atoms with E-state index in [0.29, 0.717) is 12.0 Å². The highest BCUT2D eigenvalue weighted by atomic mass is 19.4. The Bertz CT molecular complexity index is 811. The van der Waals surface area contributed by atoms with Crippen molar-refractivity contribution in [3.05, 3.63) is 64.5 Å². The van der Waals surface area contributed by atoms with E-state index in [1.165, 1.54) is 49.3 Å². The number of carbonyl (C=O) groups is 1. The zero-order chi connectivity index (χ0) is 23.6. The Morgan fingerprint density at radius 1 is 1.06 bits per heavy atom. The molecule has 0 aliphatic carbocycles. The van der Waals surface area contributed by atoms with Crippen molar-refractivity contribution in [2.45, 2.75) is 78.9 Å². The largest absolute Gasteiger partial charge is 0.433 e. The summed E-state index contributed by atoms with van der Waals surface area (Å²) in [5, 5.41) is 0. The number of hydrogen-bond acceptors (Lipinski definition) is 3. The van der Waals surface area contributed by atoms with Crippen LogP contribution >= 0.6 is 0 Å². The molecular formula is C25H35F3N2O. The van der Waals surface area contributed by atoms with Crippen LogP contribution in [0.2, 0.25) is 0 Å². The number of Topliss-reactive ketones (excluding diaryl/α,β-unsaturated/α-hetero) is 1. The van der Waals surface area contributed by atoms with Gasteiger partial charge in [0.1, 0.15) is 5.69 Å². The number of aryl methyl sites for hydroxylation is 2.